The molecule has 0 amide bonds. The molecular formula is C40H66O7S. The Hall–Kier alpha value is -2.45. The van der Waals surface area contributed by atoms with E-state index >= 15 is 0 Å². The number of hydrogen-bond acceptors (Lipinski definition) is 6. The van der Waals surface area contributed by atoms with E-state index in [0.29, 0.717) is 12.8 Å². The summed E-state index contributed by atoms with van der Waals surface area (Å²) >= 11 is 0. The predicted octanol–water partition coefficient (Wildman–Crippen LogP) is 11.8. The SMILES string of the molecule is C/C=C/CCCCCCCCCCCCCOC(=O)c1cccc(S(=O)(=O)O)c1C(=O)OCCCCCCCCCCCCC/C=C/C. The predicted molar refractivity (Wildman–Crippen MR) is 197 cm³/mol. The van der Waals surface area contributed by atoms with E-state index in [9.17, 15) is 22.6 Å². The van der Waals surface area contributed by atoms with E-state index in [1.807, 2.05) is 0 Å². The molecule has 1 N–H and O–H groups in total. The molecule has 0 saturated heterocycles. The number of ether oxygens (including phenoxy) is 2. The molecule has 0 saturated carbocycles. The van der Waals surface area contributed by atoms with Crippen LogP contribution in [0.1, 0.15) is 189 Å². The van der Waals surface area contributed by atoms with Crippen LogP contribution in [-0.2, 0) is 19.6 Å². The van der Waals surface area contributed by atoms with Gasteiger partial charge < -0.3 is 9.47 Å². The molecule has 0 aliphatic carbocycles. The average molecular weight is 691 g/mol. The van der Waals surface area contributed by atoms with Crippen LogP contribution in [-0.4, -0.2) is 38.1 Å². The molecule has 0 aromatic heterocycles. The van der Waals surface area contributed by atoms with Gasteiger partial charge in [0, 0.05) is 0 Å². The monoisotopic (exact) mass is 690 g/mol. The van der Waals surface area contributed by atoms with Gasteiger partial charge in [-0.15, -0.1) is 0 Å². The van der Waals surface area contributed by atoms with E-state index < -0.39 is 32.5 Å². The lowest BCUT2D eigenvalue weighted by atomic mass is 10.1. The Morgan fingerprint density at radius 2 is 0.917 bits per heavy atom. The molecule has 48 heavy (non-hydrogen) atoms. The van der Waals surface area contributed by atoms with Gasteiger partial charge in [0.1, 0.15) is 4.90 Å². The minimum atomic E-state index is -4.76. The summed E-state index contributed by atoms with van der Waals surface area (Å²) in [7, 11) is -4.76. The van der Waals surface area contributed by atoms with Gasteiger partial charge in [-0.25, -0.2) is 9.59 Å². The van der Waals surface area contributed by atoms with Crippen LogP contribution in [0.5, 0.6) is 0 Å². The largest absolute Gasteiger partial charge is 0.462 e. The highest BCUT2D eigenvalue weighted by Gasteiger charge is 2.28. The van der Waals surface area contributed by atoms with Gasteiger partial charge >= 0.3 is 11.9 Å². The zero-order valence-electron chi connectivity index (χ0n) is 30.2. The Morgan fingerprint density at radius 3 is 1.29 bits per heavy atom. The first kappa shape index (κ1) is 43.6. The molecule has 0 aliphatic rings. The van der Waals surface area contributed by atoms with Gasteiger partial charge in [0.15, 0.2) is 0 Å². The molecule has 1 rings (SSSR count). The fourth-order valence-corrected chi connectivity index (χ4v) is 6.55. The zero-order valence-corrected chi connectivity index (χ0v) is 31.0. The van der Waals surface area contributed by atoms with Crippen LogP contribution in [0.15, 0.2) is 47.4 Å². The van der Waals surface area contributed by atoms with Gasteiger partial charge in [0.2, 0.25) is 0 Å². The summed E-state index contributed by atoms with van der Waals surface area (Å²) in [5.74, 6) is -1.75. The van der Waals surface area contributed by atoms with Crippen molar-refractivity contribution in [1.82, 2.24) is 0 Å². The molecule has 7 nitrogen and oxygen atoms in total. The molecule has 1 aromatic rings. The molecule has 0 radical (unpaired) electrons. The summed E-state index contributed by atoms with van der Waals surface area (Å²) in [6, 6.07) is 3.74. The third-order valence-corrected chi connectivity index (χ3v) is 9.59. The maximum absolute atomic E-state index is 13.0. The number of rotatable bonds is 31. The Bertz CT molecular complexity index is 1140. The lowest BCUT2D eigenvalue weighted by Gasteiger charge is -2.13. The molecular weight excluding hydrogens is 624 g/mol. The number of benzene rings is 1. The van der Waals surface area contributed by atoms with Crippen molar-refractivity contribution >= 4 is 22.1 Å². The number of hydrogen-bond donors (Lipinski definition) is 1. The Labute approximate surface area is 293 Å². The van der Waals surface area contributed by atoms with Crippen molar-refractivity contribution in [3.63, 3.8) is 0 Å². The molecule has 0 aliphatic heterocycles. The maximum Gasteiger partial charge on any atom is 0.340 e. The minimum Gasteiger partial charge on any atom is -0.462 e. The average Bonchev–Trinajstić information content (AvgIpc) is 3.07. The van der Waals surface area contributed by atoms with E-state index in [-0.39, 0.29) is 18.8 Å². The van der Waals surface area contributed by atoms with Gasteiger partial charge in [-0.05, 0) is 64.5 Å². The fourth-order valence-electron chi connectivity index (χ4n) is 5.85. The van der Waals surface area contributed by atoms with Crippen LogP contribution in [0.2, 0.25) is 0 Å². The van der Waals surface area contributed by atoms with Gasteiger partial charge in [0.05, 0.1) is 24.3 Å². The maximum atomic E-state index is 13.0. The number of esters is 2. The van der Waals surface area contributed by atoms with E-state index in [1.54, 1.807) is 0 Å². The lowest BCUT2D eigenvalue weighted by molar-refractivity contribution is 0.0446. The van der Waals surface area contributed by atoms with Crippen LogP contribution < -0.4 is 0 Å². The highest BCUT2D eigenvalue weighted by molar-refractivity contribution is 7.86. The van der Waals surface area contributed by atoms with Crippen molar-refractivity contribution in [3.05, 3.63) is 53.6 Å². The van der Waals surface area contributed by atoms with Crippen LogP contribution in [0.3, 0.4) is 0 Å². The smallest absolute Gasteiger partial charge is 0.340 e. The quantitative estimate of drug-likeness (QED) is 0.0357. The molecule has 0 heterocycles. The van der Waals surface area contributed by atoms with Gasteiger partial charge in [0.25, 0.3) is 10.1 Å². The van der Waals surface area contributed by atoms with Gasteiger partial charge in [-0.3, -0.25) is 4.55 Å². The minimum absolute atomic E-state index is 0.108. The fraction of sp³-hybridized carbons (Fsp3) is 0.700. The van der Waals surface area contributed by atoms with Crippen molar-refractivity contribution in [1.29, 1.82) is 0 Å². The summed E-state index contributed by atoms with van der Waals surface area (Å²) in [5, 5.41) is 0. The summed E-state index contributed by atoms with van der Waals surface area (Å²) in [6.07, 6.45) is 36.5. The van der Waals surface area contributed by atoms with E-state index in [2.05, 4.69) is 38.2 Å². The number of carbonyl (C=O) groups is 2. The molecule has 0 unspecified atom stereocenters. The topological polar surface area (TPSA) is 107 Å². The van der Waals surface area contributed by atoms with Crippen molar-refractivity contribution < 1.29 is 32.0 Å². The number of carbonyl (C=O) groups excluding carboxylic acids is 2. The summed E-state index contributed by atoms with van der Waals surface area (Å²) in [6.45, 7) is 4.42. The first-order valence-electron chi connectivity index (χ1n) is 19.0. The van der Waals surface area contributed by atoms with Crippen molar-refractivity contribution in [2.45, 2.75) is 173 Å². The van der Waals surface area contributed by atoms with Crippen LogP contribution in [0, 0.1) is 0 Å². The summed E-state index contributed by atoms with van der Waals surface area (Å²) in [4.78, 5) is 25.2. The zero-order chi connectivity index (χ0) is 35.1. The molecule has 0 bridgehead atoms. The molecule has 0 spiro atoms. The molecule has 0 atom stereocenters. The van der Waals surface area contributed by atoms with Crippen molar-refractivity contribution in [2.75, 3.05) is 13.2 Å². The van der Waals surface area contributed by atoms with E-state index in [4.69, 9.17) is 9.47 Å². The second-order valence-electron chi connectivity index (χ2n) is 12.9. The van der Waals surface area contributed by atoms with E-state index in [1.165, 1.54) is 115 Å². The first-order chi connectivity index (χ1) is 23.3. The standard InChI is InChI=1S/C40H66O7S/c1-3-5-7-9-11-13-15-17-19-21-23-25-27-29-34-46-39(41)36-32-31-33-37(48(43,44)45)38(36)40(42)47-35-30-28-26-24-22-20-18-16-14-12-10-8-6-4-2/h3-6,31-33H,7-30,34-35H2,1-2H3,(H,43,44,45)/b5-3+,6-4+. The third kappa shape index (κ3) is 22.2. The second-order valence-corrected chi connectivity index (χ2v) is 14.3. The first-order valence-corrected chi connectivity index (χ1v) is 20.4. The normalized spacial score (nSPS) is 11.9. The Balaban J connectivity index is 2.31. The molecule has 1 aromatic carbocycles. The van der Waals surface area contributed by atoms with Crippen LogP contribution in [0.25, 0.3) is 0 Å². The van der Waals surface area contributed by atoms with Crippen LogP contribution in [0.4, 0.5) is 0 Å². The summed E-state index contributed by atoms with van der Waals surface area (Å²) in [5.41, 5.74) is -0.681. The molecule has 8 heteroatoms. The highest BCUT2D eigenvalue weighted by atomic mass is 32.2. The summed E-state index contributed by atoms with van der Waals surface area (Å²) < 4.78 is 44.6. The van der Waals surface area contributed by atoms with Gasteiger partial charge in [-0.2, -0.15) is 8.42 Å². The second kappa shape index (κ2) is 29.5. The van der Waals surface area contributed by atoms with Gasteiger partial charge in [-0.1, -0.05) is 146 Å². The lowest BCUT2D eigenvalue weighted by Crippen LogP contribution is -2.19. The van der Waals surface area contributed by atoms with E-state index in [0.717, 1.165) is 44.6 Å². The number of allylic oxidation sites excluding steroid dienone is 4. The Morgan fingerprint density at radius 1 is 0.562 bits per heavy atom. The van der Waals surface area contributed by atoms with Crippen molar-refractivity contribution in [2.24, 2.45) is 0 Å². The highest BCUT2D eigenvalue weighted by Crippen LogP contribution is 2.23. The molecule has 0 fully saturated rings. The van der Waals surface area contributed by atoms with Crippen LogP contribution >= 0.6 is 0 Å². The van der Waals surface area contributed by atoms with Crippen molar-refractivity contribution in [3.8, 4) is 0 Å². The molecule has 274 valence electrons. The third-order valence-electron chi connectivity index (χ3n) is 8.70. The number of unbranched alkanes of at least 4 members (excludes halogenated alkanes) is 22. The Kier molecular flexibility index (Phi) is 26.7.